The highest BCUT2D eigenvalue weighted by Crippen LogP contribution is 2.20. The predicted molar refractivity (Wildman–Crippen MR) is 118 cm³/mol. The molecular weight excluding hydrogens is 394 g/mol. The van der Waals surface area contributed by atoms with Crippen molar-refractivity contribution >= 4 is 17.4 Å². The van der Waals surface area contributed by atoms with Crippen LogP contribution in [0.4, 0.5) is 0 Å². The summed E-state index contributed by atoms with van der Waals surface area (Å²) in [5.41, 5.74) is 3.56. The normalized spacial score (nSPS) is 13.2. The Morgan fingerprint density at radius 2 is 1.43 bits per heavy atom. The number of carbonyl (C=O) groups excluding carboxylic acids is 1. The number of nitrogens with two attached hydrogens (primary N) is 1. The van der Waals surface area contributed by atoms with Gasteiger partial charge in [0.2, 0.25) is 0 Å². The number of benzene rings is 3. The lowest BCUT2D eigenvalue weighted by Crippen LogP contribution is -3.00. The van der Waals surface area contributed by atoms with E-state index in [1.165, 1.54) is 0 Å². The lowest BCUT2D eigenvalue weighted by molar-refractivity contribution is -0.693. The van der Waals surface area contributed by atoms with Gasteiger partial charge in [-0.1, -0.05) is 91.0 Å². The molecule has 3 N–H and O–H groups in total. The molecule has 0 spiro atoms. The Labute approximate surface area is 184 Å². The Bertz CT molecular complexity index is 927. The van der Waals surface area contributed by atoms with Crippen molar-refractivity contribution in [2.45, 2.75) is 25.5 Å². The van der Waals surface area contributed by atoms with Crippen LogP contribution in [0, 0.1) is 0 Å². The Morgan fingerprint density at radius 1 is 0.900 bits per heavy atom. The number of ketones is 1. The highest BCUT2D eigenvalue weighted by Gasteiger charge is 2.20. The van der Waals surface area contributed by atoms with Gasteiger partial charge in [-0.05, 0) is 29.7 Å². The minimum Gasteiger partial charge on any atom is -1.00 e. The molecule has 0 aliphatic rings. The average Bonchev–Trinajstić information content (AvgIpc) is 2.78. The van der Waals surface area contributed by atoms with Crippen molar-refractivity contribution < 1.29 is 27.6 Å². The van der Waals surface area contributed by atoms with Crippen molar-refractivity contribution in [2.75, 3.05) is 6.54 Å². The maximum absolute atomic E-state index is 13.0. The molecule has 0 fully saturated rings. The van der Waals surface area contributed by atoms with Gasteiger partial charge in [0.25, 0.3) is 0 Å². The van der Waals surface area contributed by atoms with Crippen molar-refractivity contribution in [3.05, 3.63) is 108 Å². The van der Waals surface area contributed by atoms with E-state index in [2.05, 4.69) is 0 Å². The monoisotopic (exact) mass is 421 g/mol. The molecule has 0 saturated carbocycles. The lowest BCUT2D eigenvalue weighted by Gasteiger charge is -2.17. The lowest BCUT2D eigenvalue weighted by atomic mass is 9.97. The average molecular weight is 422 g/mol. The zero-order valence-corrected chi connectivity index (χ0v) is 17.9. The number of Topliss-reactive ketones (excluding diaryl/α,β-unsaturated/α-hetero) is 1. The van der Waals surface area contributed by atoms with Crippen LogP contribution in [0.1, 0.15) is 36.1 Å². The predicted octanol–water partition coefficient (Wildman–Crippen LogP) is 0.876. The Kier molecular flexibility index (Phi) is 9.49. The molecule has 0 aliphatic carbocycles. The van der Waals surface area contributed by atoms with Crippen LogP contribution in [0.25, 0.3) is 11.6 Å². The summed E-state index contributed by atoms with van der Waals surface area (Å²) >= 11 is 0. The van der Waals surface area contributed by atoms with Crippen LogP contribution in [0.5, 0.6) is 0 Å². The first kappa shape index (κ1) is 23.6. The van der Waals surface area contributed by atoms with Gasteiger partial charge in [-0.3, -0.25) is 4.79 Å². The number of rotatable bonds is 9. The standard InChI is InChI=1S/C26H27NO2.ClH/c1-20(26(29)23-15-9-4-10-16-23)27-18-17-25(28)24(22-13-7-3-8-14-22)19-21-11-5-2-6-12-21;/h2-16,19-20,26-27,29H,17-18H2,1H3;1H/b24-19+;. The molecule has 0 aromatic heterocycles. The maximum atomic E-state index is 13.0. The van der Waals surface area contributed by atoms with E-state index in [0.29, 0.717) is 13.0 Å². The van der Waals surface area contributed by atoms with Gasteiger partial charge >= 0.3 is 0 Å². The molecule has 0 heterocycles. The van der Waals surface area contributed by atoms with Gasteiger partial charge in [0.1, 0.15) is 12.1 Å². The summed E-state index contributed by atoms with van der Waals surface area (Å²) in [5.74, 6) is 0.109. The fraction of sp³-hybridized carbons (Fsp3) is 0.192. The molecule has 156 valence electrons. The molecular formula is C26H28ClNO2. The van der Waals surface area contributed by atoms with Crippen LogP contribution in [-0.2, 0) is 4.79 Å². The van der Waals surface area contributed by atoms with Gasteiger partial charge in [-0.25, -0.2) is 0 Å². The third kappa shape index (κ3) is 6.67. The molecule has 2 unspecified atom stereocenters. The number of allylic oxidation sites excluding steroid dienone is 1. The molecule has 0 amide bonds. The summed E-state index contributed by atoms with van der Waals surface area (Å²) in [6, 6.07) is 29.3. The highest BCUT2D eigenvalue weighted by molar-refractivity contribution is 6.25. The second kappa shape index (κ2) is 12.1. The maximum Gasteiger partial charge on any atom is 0.169 e. The molecule has 3 aromatic rings. The van der Waals surface area contributed by atoms with Crippen molar-refractivity contribution in [3.63, 3.8) is 0 Å². The third-order valence-corrected chi connectivity index (χ3v) is 5.04. The van der Waals surface area contributed by atoms with Gasteiger partial charge in [0.15, 0.2) is 5.78 Å². The van der Waals surface area contributed by atoms with Crippen LogP contribution in [0.15, 0.2) is 91.0 Å². The van der Waals surface area contributed by atoms with Gasteiger partial charge in [-0.2, -0.15) is 0 Å². The van der Waals surface area contributed by atoms with Crippen molar-refractivity contribution in [2.24, 2.45) is 0 Å². The Balaban J connectivity index is 0.00000320. The molecule has 0 aliphatic heterocycles. The van der Waals surface area contributed by atoms with Gasteiger partial charge in [0.05, 0.1) is 13.0 Å². The summed E-state index contributed by atoms with van der Waals surface area (Å²) in [5, 5.41) is 12.6. The van der Waals surface area contributed by atoms with E-state index in [4.69, 9.17) is 0 Å². The van der Waals surface area contributed by atoms with Crippen molar-refractivity contribution in [1.29, 1.82) is 0 Å². The van der Waals surface area contributed by atoms with Crippen LogP contribution in [0.3, 0.4) is 0 Å². The smallest absolute Gasteiger partial charge is 0.169 e. The number of aliphatic hydroxyl groups excluding tert-OH is 1. The number of hydrogen-bond donors (Lipinski definition) is 2. The molecule has 4 heteroatoms. The van der Waals surface area contributed by atoms with Crippen molar-refractivity contribution in [3.8, 4) is 0 Å². The molecule has 0 bridgehead atoms. The number of quaternary nitrogens is 1. The van der Waals surface area contributed by atoms with E-state index in [1.807, 2.05) is 109 Å². The first-order chi connectivity index (χ1) is 14.1. The SMILES string of the molecule is CC([NH2+]CCC(=O)/C(=C/c1ccccc1)c1ccccc1)C(O)c1ccccc1.[Cl-]. The molecule has 30 heavy (non-hydrogen) atoms. The van der Waals surface area contributed by atoms with Crippen LogP contribution in [0.2, 0.25) is 0 Å². The number of hydrogen-bond acceptors (Lipinski definition) is 2. The largest absolute Gasteiger partial charge is 1.00 e. The minimum absolute atomic E-state index is 0. The van der Waals surface area contributed by atoms with E-state index >= 15 is 0 Å². The zero-order chi connectivity index (χ0) is 20.5. The molecule has 0 saturated heterocycles. The summed E-state index contributed by atoms with van der Waals surface area (Å²) in [6.45, 7) is 2.61. The summed E-state index contributed by atoms with van der Waals surface area (Å²) in [4.78, 5) is 13.0. The molecule has 3 rings (SSSR count). The number of carbonyl (C=O) groups is 1. The second-order valence-corrected chi connectivity index (χ2v) is 7.25. The Morgan fingerprint density at radius 3 is 2.03 bits per heavy atom. The molecule has 0 radical (unpaired) electrons. The van der Waals surface area contributed by atoms with Crippen molar-refractivity contribution in [1.82, 2.24) is 0 Å². The quantitative estimate of drug-likeness (QED) is 0.398. The topological polar surface area (TPSA) is 53.9 Å². The number of aliphatic hydroxyl groups is 1. The first-order valence-corrected chi connectivity index (χ1v) is 10.1. The fourth-order valence-electron chi connectivity index (χ4n) is 3.35. The van der Waals surface area contributed by atoms with Crippen LogP contribution >= 0.6 is 0 Å². The van der Waals surface area contributed by atoms with E-state index in [1.54, 1.807) is 0 Å². The van der Waals surface area contributed by atoms with Gasteiger partial charge < -0.3 is 22.8 Å². The second-order valence-electron chi connectivity index (χ2n) is 7.25. The van der Waals surface area contributed by atoms with E-state index < -0.39 is 6.10 Å². The molecule has 3 nitrogen and oxygen atoms in total. The molecule has 2 atom stereocenters. The first-order valence-electron chi connectivity index (χ1n) is 10.1. The number of halogens is 1. The fourth-order valence-corrected chi connectivity index (χ4v) is 3.35. The van der Waals surface area contributed by atoms with E-state index in [0.717, 1.165) is 22.3 Å². The minimum atomic E-state index is -0.556. The van der Waals surface area contributed by atoms with Crippen LogP contribution < -0.4 is 17.7 Å². The van der Waals surface area contributed by atoms with E-state index in [-0.39, 0.29) is 24.2 Å². The summed E-state index contributed by atoms with van der Waals surface area (Å²) in [6.07, 6.45) is 1.82. The summed E-state index contributed by atoms with van der Waals surface area (Å²) < 4.78 is 0. The summed E-state index contributed by atoms with van der Waals surface area (Å²) in [7, 11) is 0. The zero-order valence-electron chi connectivity index (χ0n) is 17.1. The van der Waals surface area contributed by atoms with Crippen LogP contribution in [-0.4, -0.2) is 23.5 Å². The van der Waals surface area contributed by atoms with E-state index in [9.17, 15) is 9.90 Å². The third-order valence-electron chi connectivity index (χ3n) is 5.04. The Hall–Kier alpha value is -2.72. The highest BCUT2D eigenvalue weighted by atomic mass is 35.5. The molecule has 3 aromatic carbocycles. The van der Waals surface area contributed by atoms with Gasteiger partial charge in [0, 0.05) is 5.57 Å². The van der Waals surface area contributed by atoms with Gasteiger partial charge in [-0.15, -0.1) is 0 Å².